The number of rotatable bonds is 4. The van der Waals surface area contributed by atoms with Gasteiger partial charge < -0.3 is 10.3 Å². The Bertz CT molecular complexity index is 1010. The number of carbonyl (C=O) groups excluding carboxylic acids is 1. The van der Waals surface area contributed by atoms with E-state index in [4.69, 9.17) is 5.73 Å². The summed E-state index contributed by atoms with van der Waals surface area (Å²) < 4.78 is 28.6. The molecule has 124 valence electrons. The van der Waals surface area contributed by atoms with Crippen LogP contribution in [-0.4, -0.2) is 18.9 Å². The van der Waals surface area contributed by atoms with E-state index in [2.05, 4.69) is 4.72 Å². The number of nitrogens with one attached hydrogen (secondary N) is 1. The van der Waals surface area contributed by atoms with Gasteiger partial charge in [-0.15, -0.1) is 0 Å². The molecule has 0 radical (unpaired) electrons. The van der Waals surface area contributed by atoms with Crippen LogP contribution in [0.1, 0.15) is 15.9 Å². The van der Waals surface area contributed by atoms with Crippen LogP contribution >= 0.6 is 0 Å². The van der Waals surface area contributed by atoms with E-state index in [1.54, 1.807) is 30.3 Å². The van der Waals surface area contributed by atoms with Crippen molar-refractivity contribution in [3.05, 3.63) is 65.9 Å². The molecule has 0 saturated heterocycles. The van der Waals surface area contributed by atoms with Crippen LogP contribution in [0.2, 0.25) is 0 Å². The molecule has 1 amide bonds. The first kappa shape index (κ1) is 16.2. The largest absolute Gasteiger partial charge is 0.351 e. The summed E-state index contributed by atoms with van der Waals surface area (Å²) in [5.74, 6) is -0.666. The maximum Gasteiger partial charge on any atom is 0.265 e. The highest BCUT2D eigenvalue weighted by Crippen LogP contribution is 2.17. The number of carbonyl (C=O) groups is 1. The average molecular weight is 343 g/mol. The Labute approximate surface area is 139 Å². The molecule has 0 unspecified atom stereocenters. The summed E-state index contributed by atoms with van der Waals surface area (Å²) in [6.07, 6.45) is 1.88. The number of fused-ring (bicyclic) bond motifs is 1. The van der Waals surface area contributed by atoms with E-state index >= 15 is 0 Å². The first-order chi connectivity index (χ1) is 11.4. The highest BCUT2D eigenvalue weighted by atomic mass is 32.2. The molecule has 0 aliphatic carbocycles. The number of benzene rings is 2. The zero-order valence-electron chi connectivity index (χ0n) is 13.1. The Morgan fingerprint density at radius 2 is 1.83 bits per heavy atom. The number of amides is 1. The minimum atomic E-state index is -3.93. The smallest absolute Gasteiger partial charge is 0.265 e. The van der Waals surface area contributed by atoms with Crippen LogP contribution in [0.4, 0.5) is 0 Å². The van der Waals surface area contributed by atoms with Crippen molar-refractivity contribution in [2.75, 3.05) is 0 Å². The van der Waals surface area contributed by atoms with Gasteiger partial charge in [-0.05, 0) is 41.3 Å². The standard InChI is InChI=1S/C17H17N3O3S/c1-20-9-8-13-4-5-14(10-16(13)20)17(21)19-24(22,23)15-6-2-12(11-18)3-7-15/h2-10H,11,18H2,1H3,(H,19,21). The third kappa shape index (κ3) is 3.04. The molecule has 2 aromatic carbocycles. The lowest BCUT2D eigenvalue weighted by molar-refractivity contribution is 0.0981. The Kier molecular flexibility index (Phi) is 4.13. The predicted molar refractivity (Wildman–Crippen MR) is 91.9 cm³/mol. The number of nitrogens with two attached hydrogens (primary N) is 1. The van der Waals surface area contributed by atoms with Crippen molar-refractivity contribution in [3.63, 3.8) is 0 Å². The number of aryl methyl sites for hydroxylation is 1. The number of hydrogen-bond acceptors (Lipinski definition) is 4. The fourth-order valence-corrected chi connectivity index (χ4v) is 3.42. The van der Waals surface area contributed by atoms with Crippen molar-refractivity contribution < 1.29 is 13.2 Å². The van der Waals surface area contributed by atoms with Crippen LogP contribution in [0.5, 0.6) is 0 Å². The fourth-order valence-electron chi connectivity index (χ4n) is 2.45. The summed E-state index contributed by atoms with van der Waals surface area (Å²) in [5, 5.41) is 0.981. The van der Waals surface area contributed by atoms with Crippen molar-refractivity contribution >= 4 is 26.8 Å². The van der Waals surface area contributed by atoms with E-state index in [-0.39, 0.29) is 10.5 Å². The molecule has 0 aliphatic heterocycles. The Balaban J connectivity index is 1.87. The first-order valence-electron chi connectivity index (χ1n) is 7.32. The highest BCUT2D eigenvalue weighted by molar-refractivity contribution is 7.90. The van der Waals surface area contributed by atoms with Gasteiger partial charge >= 0.3 is 0 Å². The van der Waals surface area contributed by atoms with E-state index in [0.29, 0.717) is 6.54 Å². The molecule has 1 aromatic heterocycles. The van der Waals surface area contributed by atoms with Gasteiger partial charge in [-0.2, -0.15) is 0 Å². The van der Waals surface area contributed by atoms with Crippen molar-refractivity contribution in [3.8, 4) is 0 Å². The molecule has 3 N–H and O–H groups in total. The van der Waals surface area contributed by atoms with Crippen LogP contribution in [0, 0.1) is 0 Å². The summed E-state index contributed by atoms with van der Waals surface area (Å²) >= 11 is 0. The van der Waals surface area contributed by atoms with Crippen molar-refractivity contribution in [1.82, 2.24) is 9.29 Å². The number of nitrogens with zero attached hydrogens (tertiary/aromatic N) is 1. The van der Waals surface area contributed by atoms with E-state index in [1.165, 1.54) is 12.1 Å². The zero-order valence-corrected chi connectivity index (χ0v) is 13.9. The maximum atomic E-state index is 12.3. The van der Waals surface area contributed by atoms with Crippen LogP contribution < -0.4 is 10.5 Å². The van der Waals surface area contributed by atoms with E-state index < -0.39 is 15.9 Å². The predicted octanol–water partition coefficient (Wildman–Crippen LogP) is 1.76. The summed E-state index contributed by atoms with van der Waals surface area (Å²) in [6, 6.07) is 13.1. The lowest BCUT2D eigenvalue weighted by Crippen LogP contribution is -2.30. The minimum absolute atomic E-state index is 0.0213. The molecule has 0 saturated carbocycles. The van der Waals surface area contributed by atoms with Crippen molar-refractivity contribution in [1.29, 1.82) is 0 Å². The van der Waals surface area contributed by atoms with Crippen molar-refractivity contribution in [2.24, 2.45) is 12.8 Å². The molecule has 1 heterocycles. The average Bonchev–Trinajstić information content (AvgIpc) is 2.95. The van der Waals surface area contributed by atoms with Gasteiger partial charge in [0.05, 0.1) is 4.90 Å². The topological polar surface area (TPSA) is 94.2 Å². The zero-order chi connectivity index (χ0) is 17.3. The number of hydrogen-bond donors (Lipinski definition) is 2. The number of aromatic nitrogens is 1. The SMILES string of the molecule is Cn1ccc2ccc(C(=O)NS(=O)(=O)c3ccc(CN)cc3)cc21. The van der Waals surface area contributed by atoms with Gasteiger partial charge in [0.2, 0.25) is 0 Å². The Morgan fingerprint density at radius 1 is 1.12 bits per heavy atom. The summed E-state index contributed by atoms with van der Waals surface area (Å²) in [6.45, 7) is 0.323. The van der Waals surface area contributed by atoms with Crippen molar-refractivity contribution in [2.45, 2.75) is 11.4 Å². The van der Waals surface area contributed by atoms with Gasteiger partial charge in [-0.1, -0.05) is 18.2 Å². The second kappa shape index (κ2) is 6.10. The molecule has 6 nitrogen and oxygen atoms in total. The Hall–Kier alpha value is -2.64. The van der Waals surface area contributed by atoms with E-state index in [1.807, 2.05) is 23.9 Å². The first-order valence-corrected chi connectivity index (χ1v) is 8.80. The second-order valence-electron chi connectivity index (χ2n) is 5.48. The number of sulfonamides is 1. The molecular formula is C17H17N3O3S. The summed E-state index contributed by atoms with van der Waals surface area (Å²) in [4.78, 5) is 12.3. The van der Waals surface area contributed by atoms with Crippen LogP contribution in [-0.2, 0) is 23.6 Å². The minimum Gasteiger partial charge on any atom is -0.351 e. The molecular weight excluding hydrogens is 326 g/mol. The summed E-state index contributed by atoms with van der Waals surface area (Å²) in [5.41, 5.74) is 7.45. The molecule has 7 heteroatoms. The lowest BCUT2D eigenvalue weighted by atomic mass is 10.1. The maximum absolute atomic E-state index is 12.3. The van der Waals surface area contributed by atoms with Crippen LogP contribution in [0.15, 0.2) is 59.6 Å². The van der Waals surface area contributed by atoms with Gasteiger partial charge in [0, 0.05) is 30.9 Å². The fraction of sp³-hybridized carbons (Fsp3) is 0.118. The molecule has 0 bridgehead atoms. The molecule has 3 aromatic rings. The van der Waals surface area contributed by atoms with E-state index in [9.17, 15) is 13.2 Å². The van der Waals surface area contributed by atoms with Gasteiger partial charge in [0.1, 0.15) is 0 Å². The molecule has 0 fully saturated rings. The summed E-state index contributed by atoms with van der Waals surface area (Å²) in [7, 11) is -2.07. The second-order valence-corrected chi connectivity index (χ2v) is 7.17. The lowest BCUT2D eigenvalue weighted by Gasteiger charge is -2.08. The molecule has 0 atom stereocenters. The van der Waals surface area contributed by atoms with Crippen LogP contribution in [0.25, 0.3) is 10.9 Å². The normalized spacial score (nSPS) is 11.6. The third-order valence-electron chi connectivity index (χ3n) is 3.85. The van der Waals surface area contributed by atoms with Gasteiger partial charge in [-0.3, -0.25) is 4.79 Å². The highest BCUT2D eigenvalue weighted by Gasteiger charge is 2.19. The third-order valence-corrected chi connectivity index (χ3v) is 5.19. The monoisotopic (exact) mass is 343 g/mol. The van der Waals surface area contributed by atoms with Gasteiger partial charge in [0.15, 0.2) is 0 Å². The van der Waals surface area contributed by atoms with E-state index in [0.717, 1.165) is 16.5 Å². The van der Waals surface area contributed by atoms with Crippen LogP contribution in [0.3, 0.4) is 0 Å². The molecule has 0 spiro atoms. The molecule has 0 aliphatic rings. The van der Waals surface area contributed by atoms with Gasteiger partial charge in [-0.25, -0.2) is 13.1 Å². The quantitative estimate of drug-likeness (QED) is 0.755. The van der Waals surface area contributed by atoms with Gasteiger partial charge in [0.25, 0.3) is 15.9 Å². The molecule has 3 rings (SSSR count). The Morgan fingerprint density at radius 3 is 2.50 bits per heavy atom. The molecule has 24 heavy (non-hydrogen) atoms.